The molecule has 0 radical (unpaired) electrons. The molecule has 1 aliphatic rings. The van der Waals surface area contributed by atoms with E-state index in [1.54, 1.807) is 0 Å². The van der Waals surface area contributed by atoms with Crippen molar-refractivity contribution in [3.8, 4) is 0 Å². The normalized spacial score (nSPS) is 30.8. The van der Waals surface area contributed by atoms with Crippen molar-refractivity contribution in [2.75, 3.05) is 0 Å². The Morgan fingerprint density at radius 3 is 1.92 bits per heavy atom. The standard InChI is InChI=1S/C9H17FO2S/c1-7(2)8-3-5-9(6-4-8)13(10,11)12/h7-9H,3-6H2,1-2H3. The van der Waals surface area contributed by atoms with E-state index in [2.05, 4.69) is 13.8 Å². The molecule has 0 aromatic rings. The summed E-state index contributed by atoms with van der Waals surface area (Å²) in [6, 6.07) is 0. The lowest BCUT2D eigenvalue weighted by molar-refractivity contribution is 0.277. The molecule has 0 aliphatic heterocycles. The van der Waals surface area contributed by atoms with Gasteiger partial charge in [-0.1, -0.05) is 13.8 Å². The van der Waals surface area contributed by atoms with Crippen LogP contribution in [0.4, 0.5) is 3.89 Å². The van der Waals surface area contributed by atoms with Crippen LogP contribution in [0, 0.1) is 11.8 Å². The van der Waals surface area contributed by atoms with Gasteiger partial charge in [-0.3, -0.25) is 0 Å². The molecule has 0 aromatic carbocycles. The van der Waals surface area contributed by atoms with Crippen LogP contribution in [0.25, 0.3) is 0 Å². The summed E-state index contributed by atoms with van der Waals surface area (Å²) < 4.78 is 33.8. The van der Waals surface area contributed by atoms with Gasteiger partial charge >= 0.3 is 10.2 Å². The van der Waals surface area contributed by atoms with Gasteiger partial charge in [0, 0.05) is 0 Å². The summed E-state index contributed by atoms with van der Waals surface area (Å²) in [5.74, 6) is 1.17. The van der Waals surface area contributed by atoms with Gasteiger partial charge in [0.25, 0.3) is 0 Å². The van der Waals surface area contributed by atoms with Gasteiger partial charge in [0.2, 0.25) is 0 Å². The average molecular weight is 208 g/mol. The Hall–Kier alpha value is -0.120. The zero-order chi connectivity index (χ0) is 10.1. The van der Waals surface area contributed by atoms with E-state index < -0.39 is 15.5 Å². The maximum absolute atomic E-state index is 12.6. The van der Waals surface area contributed by atoms with E-state index in [9.17, 15) is 12.3 Å². The lowest BCUT2D eigenvalue weighted by atomic mass is 9.82. The fourth-order valence-corrected chi connectivity index (χ4v) is 2.87. The third-order valence-electron chi connectivity index (χ3n) is 3.06. The summed E-state index contributed by atoms with van der Waals surface area (Å²) in [7, 11) is -4.28. The first-order valence-corrected chi connectivity index (χ1v) is 6.29. The molecule has 0 atom stereocenters. The zero-order valence-electron chi connectivity index (χ0n) is 8.16. The lowest BCUT2D eigenvalue weighted by Crippen LogP contribution is -2.26. The van der Waals surface area contributed by atoms with Crippen molar-refractivity contribution in [3.05, 3.63) is 0 Å². The Bertz CT molecular complexity index is 251. The second kappa shape index (κ2) is 3.95. The molecule has 78 valence electrons. The van der Waals surface area contributed by atoms with Crippen molar-refractivity contribution in [1.82, 2.24) is 0 Å². The Labute approximate surface area is 79.7 Å². The fraction of sp³-hybridized carbons (Fsp3) is 1.00. The summed E-state index contributed by atoms with van der Waals surface area (Å²) in [4.78, 5) is 0. The largest absolute Gasteiger partial charge is 0.305 e. The van der Waals surface area contributed by atoms with Gasteiger partial charge in [-0.25, -0.2) is 0 Å². The van der Waals surface area contributed by atoms with E-state index >= 15 is 0 Å². The highest BCUT2D eigenvalue weighted by atomic mass is 32.3. The predicted octanol–water partition coefficient (Wildman–Crippen LogP) is 2.50. The average Bonchev–Trinajstić information content (AvgIpc) is 2.03. The van der Waals surface area contributed by atoms with Gasteiger partial charge < -0.3 is 0 Å². The van der Waals surface area contributed by atoms with Crippen molar-refractivity contribution in [2.24, 2.45) is 11.8 Å². The maximum atomic E-state index is 12.6. The first-order valence-electron chi connectivity index (χ1n) is 4.84. The molecular weight excluding hydrogens is 191 g/mol. The van der Waals surface area contributed by atoms with E-state index in [0.29, 0.717) is 24.7 Å². The molecule has 0 amide bonds. The molecule has 1 saturated carbocycles. The Morgan fingerprint density at radius 2 is 1.62 bits per heavy atom. The predicted molar refractivity (Wildman–Crippen MR) is 50.6 cm³/mol. The molecule has 4 heteroatoms. The van der Waals surface area contributed by atoms with Gasteiger partial charge in [0.15, 0.2) is 0 Å². The Morgan fingerprint density at radius 1 is 1.15 bits per heavy atom. The van der Waals surface area contributed by atoms with Crippen LogP contribution in [-0.2, 0) is 10.2 Å². The minimum absolute atomic E-state index is 0.502. The van der Waals surface area contributed by atoms with Gasteiger partial charge in [-0.2, -0.15) is 8.42 Å². The minimum atomic E-state index is -4.28. The van der Waals surface area contributed by atoms with Crippen molar-refractivity contribution < 1.29 is 12.3 Å². The molecule has 1 fully saturated rings. The molecule has 0 aromatic heterocycles. The van der Waals surface area contributed by atoms with E-state index in [1.807, 2.05) is 0 Å². The smallest absolute Gasteiger partial charge is 0.195 e. The molecule has 0 spiro atoms. The van der Waals surface area contributed by atoms with E-state index in [1.165, 1.54) is 0 Å². The molecule has 0 N–H and O–H groups in total. The van der Waals surface area contributed by atoms with E-state index in [0.717, 1.165) is 12.8 Å². The van der Waals surface area contributed by atoms with Crippen LogP contribution in [0.5, 0.6) is 0 Å². The monoisotopic (exact) mass is 208 g/mol. The lowest BCUT2D eigenvalue weighted by Gasteiger charge is -2.28. The zero-order valence-corrected chi connectivity index (χ0v) is 8.98. The molecule has 0 bridgehead atoms. The summed E-state index contributed by atoms with van der Waals surface area (Å²) in [5, 5.41) is -0.720. The first-order chi connectivity index (χ1) is 5.91. The van der Waals surface area contributed by atoms with E-state index in [-0.39, 0.29) is 0 Å². The molecule has 13 heavy (non-hydrogen) atoms. The second-order valence-electron chi connectivity index (χ2n) is 4.26. The molecule has 2 nitrogen and oxygen atoms in total. The van der Waals surface area contributed by atoms with Crippen LogP contribution in [-0.4, -0.2) is 13.7 Å². The fourth-order valence-electron chi connectivity index (χ4n) is 2.04. The third kappa shape index (κ3) is 2.93. The molecule has 0 saturated heterocycles. The van der Waals surface area contributed by atoms with Gasteiger partial charge in [0.05, 0.1) is 5.25 Å². The molecule has 1 rings (SSSR count). The topological polar surface area (TPSA) is 34.1 Å². The van der Waals surface area contributed by atoms with Crippen LogP contribution in [0.3, 0.4) is 0 Å². The molecule has 0 unspecified atom stereocenters. The molecule has 1 aliphatic carbocycles. The van der Waals surface area contributed by atoms with Crippen LogP contribution in [0.15, 0.2) is 0 Å². The van der Waals surface area contributed by atoms with Gasteiger partial charge in [-0.15, -0.1) is 3.89 Å². The molecular formula is C9H17FO2S. The van der Waals surface area contributed by atoms with Gasteiger partial charge in [0.1, 0.15) is 0 Å². The van der Waals surface area contributed by atoms with Crippen molar-refractivity contribution in [1.29, 1.82) is 0 Å². The quantitative estimate of drug-likeness (QED) is 0.653. The van der Waals surface area contributed by atoms with Crippen LogP contribution in [0.1, 0.15) is 39.5 Å². The highest BCUT2D eigenvalue weighted by Crippen LogP contribution is 2.33. The maximum Gasteiger partial charge on any atom is 0.305 e. The number of rotatable bonds is 2. The minimum Gasteiger partial charge on any atom is -0.195 e. The highest BCUT2D eigenvalue weighted by molar-refractivity contribution is 7.87. The van der Waals surface area contributed by atoms with Crippen molar-refractivity contribution in [3.63, 3.8) is 0 Å². The summed E-state index contributed by atoms with van der Waals surface area (Å²) in [6.07, 6.45) is 2.71. The van der Waals surface area contributed by atoms with E-state index in [4.69, 9.17) is 0 Å². The van der Waals surface area contributed by atoms with Crippen molar-refractivity contribution >= 4 is 10.2 Å². The number of hydrogen-bond donors (Lipinski definition) is 0. The summed E-state index contributed by atoms with van der Waals surface area (Å²) in [6.45, 7) is 4.27. The number of hydrogen-bond acceptors (Lipinski definition) is 2. The Kier molecular flexibility index (Phi) is 3.33. The highest BCUT2D eigenvalue weighted by Gasteiger charge is 2.31. The van der Waals surface area contributed by atoms with Crippen LogP contribution >= 0.6 is 0 Å². The summed E-state index contributed by atoms with van der Waals surface area (Å²) in [5.41, 5.74) is 0. The second-order valence-corrected chi connectivity index (χ2v) is 5.87. The third-order valence-corrected chi connectivity index (χ3v) is 4.33. The van der Waals surface area contributed by atoms with Gasteiger partial charge in [-0.05, 0) is 37.5 Å². The number of halogens is 1. The van der Waals surface area contributed by atoms with Crippen molar-refractivity contribution in [2.45, 2.75) is 44.8 Å². The molecule has 0 heterocycles. The van der Waals surface area contributed by atoms with Crippen LogP contribution < -0.4 is 0 Å². The van der Waals surface area contributed by atoms with Crippen LogP contribution in [0.2, 0.25) is 0 Å². The summed E-state index contributed by atoms with van der Waals surface area (Å²) >= 11 is 0. The Balaban J connectivity index is 2.49. The first kappa shape index (κ1) is 11.0. The SMILES string of the molecule is CC(C)C1CCC(S(=O)(=O)F)CC1.